The van der Waals surface area contributed by atoms with Crippen LogP contribution in [-0.4, -0.2) is 15.0 Å². The maximum Gasteiger partial charge on any atom is 0.0834 e. The second kappa shape index (κ2) is 2.92. The minimum atomic E-state index is 0.407. The number of aryl methyl sites for hydroxylation is 1. The summed E-state index contributed by atoms with van der Waals surface area (Å²) < 4.78 is 2.02. The van der Waals surface area contributed by atoms with E-state index in [2.05, 4.69) is 41.5 Å². The van der Waals surface area contributed by atoms with Crippen LogP contribution in [0.5, 0.6) is 0 Å². The van der Waals surface area contributed by atoms with E-state index in [1.54, 1.807) is 0 Å². The van der Waals surface area contributed by atoms with Gasteiger partial charge in [0.05, 0.1) is 17.9 Å². The number of hydrogen-bond acceptors (Lipinski definition) is 2. The topological polar surface area (TPSA) is 30.7 Å². The minimum absolute atomic E-state index is 0.407. The van der Waals surface area contributed by atoms with Gasteiger partial charge < -0.3 is 0 Å². The SMILES string of the molecule is Cc1nnn2c1C(C)c1ccccc1C2. The summed E-state index contributed by atoms with van der Waals surface area (Å²) in [6.07, 6.45) is 0. The van der Waals surface area contributed by atoms with Crippen LogP contribution in [-0.2, 0) is 6.54 Å². The van der Waals surface area contributed by atoms with Crippen molar-refractivity contribution in [1.29, 1.82) is 0 Å². The Morgan fingerprint density at radius 3 is 3.00 bits per heavy atom. The Balaban J connectivity index is 2.21. The molecule has 0 N–H and O–H groups in total. The van der Waals surface area contributed by atoms with Crippen LogP contribution < -0.4 is 0 Å². The Bertz CT molecular complexity index is 513. The van der Waals surface area contributed by atoms with Gasteiger partial charge in [-0.25, -0.2) is 4.68 Å². The molecule has 1 aromatic heterocycles. The van der Waals surface area contributed by atoms with Crippen molar-refractivity contribution in [1.82, 2.24) is 15.0 Å². The Morgan fingerprint density at radius 1 is 1.33 bits per heavy atom. The average Bonchev–Trinajstić information content (AvgIpc) is 2.61. The van der Waals surface area contributed by atoms with Gasteiger partial charge in [-0.05, 0) is 18.1 Å². The average molecular weight is 199 g/mol. The Kier molecular flexibility index (Phi) is 1.69. The van der Waals surface area contributed by atoms with E-state index in [4.69, 9.17) is 0 Å². The molecule has 0 fully saturated rings. The largest absolute Gasteiger partial charge is 0.244 e. The van der Waals surface area contributed by atoms with Gasteiger partial charge in [-0.2, -0.15) is 0 Å². The maximum absolute atomic E-state index is 4.17. The highest BCUT2D eigenvalue weighted by molar-refractivity contribution is 5.39. The number of rotatable bonds is 0. The van der Waals surface area contributed by atoms with E-state index in [-0.39, 0.29) is 0 Å². The third-order valence-electron chi connectivity index (χ3n) is 3.20. The normalized spacial score (nSPS) is 18.4. The summed E-state index contributed by atoms with van der Waals surface area (Å²) in [7, 11) is 0. The van der Waals surface area contributed by atoms with Crippen molar-refractivity contribution in [2.75, 3.05) is 0 Å². The van der Waals surface area contributed by atoms with E-state index in [9.17, 15) is 0 Å². The Morgan fingerprint density at radius 2 is 2.13 bits per heavy atom. The molecule has 2 aromatic rings. The van der Waals surface area contributed by atoms with Crippen LogP contribution in [0.3, 0.4) is 0 Å². The molecule has 76 valence electrons. The van der Waals surface area contributed by atoms with E-state index < -0.39 is 0 Å². The highest BCUT2D eigenvalue weighted by Gasteiger charge is 2.24. The molecule has 2 heterocycles. The van der Waals surface area contributed by atoms with Gasteiger partial charge >= 0.3 is 0 Å². The lowest BCUT2D eigenvalue weighted by atomic mass is 9.89. The molecule has 0 aliphatic carbocycles. The number of hydrogen-bond donors (Lipinski definition) is 0. The summed E-state index contributed by atoms with van der Waals surface area (Å²) in [5.41, 5.74) is 5.09. The molecule has 3 nitrogen and oxygen atoms in total. The summed E-state index contributed by atoms with van der Waals surface area (Å²) in [4.78, 5) is 0. The zero-order valence-electron chi connectivity index (χ0n) is 8.94. The summed E-state index contributed by atoms with van der Waals surface area (Å²) >= 11 is 0. The molecule has 0 saturated heterocycles. The van der Waals surface area contributed by atoms with Crippen molar-refractivity contribution in [3.63, 3.8) is 0 Å². The van der Waals surface area contributed by atoms with E-state index in [0.717, 1.165) is 12.2 Å². The molecule has 15 heavy (non-hydrogen) atoms. The molecule has 0 bridgehead atoms. The number of fused-ring (bicyclic) bond motifs is 2. The molecular weight excluding hydrogens is 186 g/mol. The standard InChI is InChI=1S/C12H13N3/c1-8-11-6-4-3-5-10(11)7-15-12(8)9(2)13-14-15/h3-6,8H,7H2,1-2H3. The molecule has 3 heteroatoms. The van der Waals surface area contributed by atoms with Crippen molar-refractivity contribution in [2.24, 2.45) is 0 Å². The van der Waals surface area contributed by atoms with Gasteiger partial charge in [0.15, 0.2) is 0 Å². The first-order chi connectivity index (χ1) is 7.27. The van der Waals surface area contributed by atoms with Crippen molar-refractivity contribution < 1.29 is 0 Å². The van der Waals surface area contributed by atoms with Crippen LogP contribution in [0, 0.1) is 6.92 Å². The highest BCUT2D eigenvalue weighted by atomic mass is 15.4. The minimum Gasteiger partial charge on any atom is -0.244 e. The lowest BCUT2D eigenvalue weighted by Crippen LogP contribution is -2.18. The smallest absolute Gasteiger partial charge is 0.0834 e. The molecular formula is C12H13N3. The molecule has 0 spiro atoms. The number of benzene rings is 1. The van der Waals surface area contributed by atoms with Crippen LogP contribution in [0.1, 0.15) is 35.4 Å². The molecule has 0 radical (unpaired) electrons. The summed E-state index contributed by atoms with van der Waals surface area (Å²) in [6.45, 7) is 5.11. The fourth-order valence-electron chi connectivity index (χ4n) is 2.47. The summed E-state index contributed by atoms with van der Waals surface area (Å²) in [6, 6.07) is 8.56. The van der Waals surface area contributed by atoms with E-state index >= 15 is 0 Å². The Hall–Kier alpha value is -1.64. The van der Waals surface area contributed by atoms with Crippen LogP contribution >= 0.6 is 0 Å². The second-order valence-corrected chi connectivity index (χ2v) is 4.14. The predicted molar refractivity (Wildman–Crippen MR) is 57.8 cm³/mol. The third kappa shape index (κ3) is 1.12. The Labute approximate surface area is 88.7 Å². The summed E-state index contributed by atoms with van der Waals surface area (Å²) in [5.74, 6) is 0.407. The fraction of sp³-hybridized carbons (Fsp3) is 0.333. The second-order valence-electron chi connectivity index (χ2n) is 4.14. The van der Waals surface area contributed by atoms with Gasteiger partial charge in [-0.1, -0.05) is 36.4 Å². The fourth-order valence-corrected chi connectivity index (χ4v) is 2.47. The molecule has 1 atom stereocenters. The number of nitrogens with zero attached hydrogens (tertiary/aromatic N) is 3. The molecule has 1 aromatic carbocycles. The third-order valence-corrected chi connectivity index (χ3v) is 3.20. The number of aromatic nitrogens is 3. The molecule has 1 aliphatic rings. The zero-order valence-corrected chi connectivity index (χ0v) is 8.94. The first-order valence-corrected chi connectivity index (χ1v) is 5.25. The van der Waals surface area contributed by atoms with Gasteiger partial charge in [0, 0.05) is 5.92 Å². The molecule has 1 aliphatic heterocycles. The zero-order chi connectivity index (χ0) is 10.4. The first kappa shape index (κ1) is 8.65. The van der Waals surface area contributed by atoms with Crippen LogP contribution in [0.2, 0.25) is 0 Å². The van der Waals surface area contributed by atoms with E-state index in [1.807, 2.05) is 11.6 Å². The quantitative estimate of drug-likeness (QED) is 0.650. The van der Waals surface area contributed by atoms with Crippen LogP contribution in [0.15, 0.2) is 24.3 Å². The lowest BCUT2D eigenvalue weighted by molar-refractivity contribution is 0.575. The van der Waals surface area contributed by atoms with Crippen LogP contribution in [0.25, 0.3) is 0 Å². The molecule has 1 unspecified atom stereocenters. The highest BCUT2D eigenvalue weighted by Crippen LogP contribution is 2.32. The van der Waals surface area contributed by atoms with Crippen molar-refractivity contribution in [2.45, 2.75) is 26.3 Å². The summed E-state index contributed by atoms with van der Waals surface area (Å²) in [5, 5.41) is 8.32. The van der Waals surface area contributed by atoms with Gasteiger partial charge in [-0.15, -0.1) is 5.10 Å². The molecule has 0 saturated carbocycles. The van der Waals surface area contributed by atoms with Gasteiger partial charge in [-0.3, -0.25) is 0 Å². The van der Waals surface area contributed by atoms with E-state index in [0.29, 0.717) is 5.92 Å². The van der Waals surface area contributed by atoms with Crippen molar-refractivity contribution in [3.05, 3.63) is 46.8 Å². The van der Waals surface area contributed by atoms with Crippen LogP contribution in [0.4, 0.5) is 0 Å². The monoisotopic (exact) mass is 199 g/mol. The van der Waals surface area contributed by atoms with Crippen molar-refractivity contribution in [3.8, 4) is 0 Å². The van der Waals surface area contributed by atoms with Crippen molar-refractivity contribution >= 4 is 0 Å². The maximum atomic E-state index is 4.17. The van der Waals surface area contributed by atoms with Gasteiger partial charge in [0.1, 0.15) is 0 Å². The van der Waals surface area contributed by atoms with E-state index in [1.165, 1.54) is 16.8 Å². The first-order valence-electron chi connectivity index (χ1n) is 5.25. The van der Waals surface area contributed by atoms with Gasteiger partial charge in [0.25, 0.3) is 0 Å². The molecule has 3 rings (SSSR count). The van der Waals surface area contributed by atoms with Gasteiger partial charge in [0.2, 0.25) is 0 Å². The molecule has 0 amide bonds. The predicted octanol–water partition coefficient (Wildman–Crippen LogP) is 2.10. The lowest BCUT2D eigenvalue weighted by Gasteiger charge is -2.23.